The monoisotopic (exact) mass is 288 g/mol. The number of hydrogen-bond donors (Lipinski definition) is 1. The average molecular weight is 288 g/mol. The summed E-state index contributed by atoms with van der Waals surface area (Å²) in [6.07, 6.45) is 0. The first-order chi connectivity index (χ1) is 9.21. The Balaban J connectivity index is 3.03. The van der Waals surface area contributed by atoms with Gasteiger partial charge < -0.3 is 10.6 Å². The lowest BCUT2D eigenvalue weighted by Crippen LogP contribution is -2.42. The summed E-state index contributed by atoms with van der Waals surface area (Å²) in [5.74, 6) is -4.87. The van der Waals surface area contributed by atoms with Crippen molar-refractivity contribution in [1.29, 1.82) is 0 Å². The van der Waals surface area contributed by atoms with Gasteiger partial charge in [0, 0.05) is 18.7 Å². The molecule has 1 aromatic carbocycles. The van der Waals surface area contributed by atoms with E-state index in [0.717, 1.165) is 0 Å². The second kappa shape index (κ2) is 6.26. The Morgan fingerprint density at radius 1 is 1.25 bits per heavy atom. The Hall–Kier alpha value is -1.56. The van der Waals surface area contributed by atoms with E-state index < -0.39 is 23.4 Å². The van der Waals surface area contributed by atoms with Gasteiger partial charge in [0.05, 0.1) is 0 Å². The Kier molecular flexibility index (Phi) is 5.16. The summed E-state index contributed by atoms with van der Waals surface area (Å²) in [6, 6.07) is 1.41. The number of hydrogen-bond acceptors (Lipinski definition) is 2. The van der Waals surface area contributed by atoms with E-state index in [9.17, 15) is 18.0 Å². The molecule has 0 unspecified atom stereocenters. The smallest absolute Gasteiger partial charge is 0.254 e. The summed E-state index contributed by atoms with van der Waals surface area (Å²) in [5, 5.41) is 0. The molecule has 2 N–H and O–H groups in total. The van der Waals surface area contributed by atoms with Crippen LogP contribution in [0.3, 0.4) is 0 Å². The Morgan fingerprint density at radius 2 is 1.75 bits per heavy atom. The Morgan fingerprint density at radius 3 is 2.15 bits per heavy atom. The zero-order chi connectivity index (χ0) is 15.5. The maximum absolute atomic E-state index is 13.2. The van der Waals surface area contributed by atoms with E-state index in [0.29, 0.717) is 31.8 Å². The summed E-state index contributed by atoms with van der Waals surface area (Å²) in [6.45, 7) is 6.59. The zero-order valence-electron chi connectivity index (χ0n) is 11.8. The summed E-state index contributed by atoms with van der Waals surface area (Å²) in [5.41, 5.74) is 5.08. The van der Waals surface area contributed by atoms with Gasteiger partial charge >= 0.3 is 0 Å². The molecule has 0 heterocycles. The normalized spacial score (nSPS) is 11.6. The van der Waals surface area contributed by atoms with Crippen molar-refractivity contribution < 1.29 is 18.0 Å². The molecule has 3 nitrogen and oxygen atoms in total. The van der Waals surface area contributed by atoms with Crippen LogP contribution in [0.1, 0.15) is 31.1 Å². The highest BCUT2D eigenvalue weighted by Crippen LogP contribution is 2.19. The van der Waals surface area contributed by atoms with E-state index in [1.807, 2.05) is 13.8 Å². The van der Waals surface area contributed by atoms with E-state index in [-0.39, 0.29) is 11.0 Å². The van der Waals surface area contributed by atoms with Crippen molar-refractivity contribution in [3.63, 3.8) is 0 Å². The van der Waals surface area contributed by atoms with Crippen LogP contribution in [0.2, 0.25) is 0 Å². The molecule has 0 saturated heterocycles. The van der Waals surface area contributed by atoms with E-state index in [2.05, 4.69) is 0 Å². The van der Waals surface area contributed by atoms with Crippen LogP contribution in [0.4, 0.5) is 13.2 Å². The first kappa shape index (κ1) is 16.5. The molecule has 112 valence electrons. The first-order valence-corrected chi connectivity index (χ1v) is 6.35. The van der Waals surface area contributed by atoms with Crippen molar-refractivity contribution in [3.05, 3.63) is 35.1 Å². The molecule has 1 aromatic rings. The van der Waals surface area contributed by atoms with Crippen LogP contribution < -0.4 is 5.73 Å². The van der Waals surface area contributed by atoms with Crippen LogP contribution in [0.5, 0.6) is 0 Å². The van der Waals surface area contributed by atoms with Gasteiger partial charge in [0.15, 0.2) is 17.5 Å². The van der Waals surface area contributed by atoms with Crippen molar-refractivity contribution in [2.45, 2.75) is 20.8 Å². The van der Waals surface area contributed by atoms with Crippen LogP contribution in [-0.2, 0) is 0 Å². The fourth-order valence-electron chi connectivity index (χ4n) is 1.77. The summed E-state index contributed by atoms with van der Waals surface area (Å²) in [4.78, 5) is 13.6. The lowest BCUT2D eigenvalue weighted by Gasteiger charge is -2.31. The van der Waals surface area contributed by atoms with Crippen molar-refractivity contribution in [2.75, 3.05) is 19.6 Å². The molecule has 6 heteroatoms. The van der Waals surface area contributed by atoms with Crippen LogP contribution in [0, 0.1) is 22.9 Å². The number of nitrogens with two attached hydrogens (primary N) is 1. The number of amides is 1. The van der Waals surface area contributed by atoms with Crippen molar-refractivity contribution in [3.8, 4) is 0 Å². The van der Waals surface area contributed by atoms with Gasteiger partial charge in [-0.05, 0) is 31.0 Å². The van der Waals surface area contributed by atoms with Gasteiger partial charge in [-0.1, -0.05) is 13.8 Å². The van der Waals surface area contributed by atoms with Crippen LogP contribution >= 0.6 is 0 Å². The second-order valence-electron chi connectivity index (χ2n) is 5.44. The van der Waals surface area contributed by atoms with Gasteiger partial charge in [-0.2, -0.15) is 0 Å². The van der Waals surface area contributed by atoms with Gasteiger partial charge in [-0.15, -0.1) is 0 Å². The molecule has 0 aliphatic carbocycles. The third kappa shape index (κ3) is 3.72. The van der Waals surface area contributed by atoms with Crippen molar-refractivity contribution in [1.82, 2.24) is 4.90 Å². The third-order valence-corrected chi connectivity index (χ3v) is 3.07. The van der Waals surface area contributed by atoms with Gasteiger partial charge in [0.2, 0.25) is 0 Å². The maximum atomic E-state index is 13.2. The molecule has 0 bridgehead atoms. The van der Waals surface area contributed by atoms with E-state index >= 15 is 0 Å². The van der Waals surface area contributed by atoms with Crippen LogP contribution in [0.15, 0.2) is 12.1 Å². The van der Waals surface area contributed by atoms with E-state index in [1.165, 1.54) is 4.90 Å². The molecule has 0 aliphatic rings. The third-order valence-electron chi connectivity index (χ3n) is 3.07. The van der Waals surface area contributed by atoms with Gasteiger partial charge in [-0.25, -0.2) is 13.2 Å². The van der Waals surface area contributed by atoms with Crippen molar-refractivity contribution >= 4 is 5.91 Å². The molecule has 0 aromatic heterocycles. The minimum absolute atomic E-state index is 0.212. The highest BCUT2D eigenvalue weighted by atomic mass is 19.2. The second-order valence-corrected chi connectivity index (χ2v) is 5.44. The summed E-state index contributed by atoms with van der Waals surface area (Å²) in [7, 11) is 0. The standard InChI is InChI=1S/C14H19F3N2O/c1-4-19(8-14(2,3)7-18)13(20)9-5-10(15)12(17)11(16)6-9/h5-6H,4,7-8,18H2,1-3H3. The maximum Gasteiger partial charge on any atom is 0.254 e. The molecule has 1 amide bonds. The highest BCUT2D eigenvalue weighted by Gasteiger charge is 2.25. The number of carbonyl (C=O) groups excluding carboxylic acids is 1. The first-order valence-electron chi connectivity index (χ1n) is 6.35. The molecular weight excluding hydrogens is 269 g/mol. The fraction of sp³-hybridized carbons (Fsp3) is 0.500. The Bertz CT molecular complexity index is 480. The van der Waals surface area contributed by atoms with Gasteiger partial charge in [-0.3, -0.25) is 4.79 Å². The number of nitrogens with zero attached hydrogens (tertiary/aromatic N) is 1. The number of benzene rings is 1. The van der Waals surface area contributed by atoms with Gasteiger partial charge in [0.1, 0.15) is 0 Å². The predicted molar refractivity (Wildman–Crippen MR) is 70.7 cm³/mol. The molecule has 0 radical (unpaired) electrons. The molecule has 0 spiro atoms. The van der Waals surface area contributed by atoms with Gasteiger partial charge in [0.25, 0.3) is 5.91 Å². The van der Waals surface area contributed by atoms with Crippen LogP contribution in [-0.4, -0.2) is 30.4 Å². The topological polar surface area (TPSA) is 46.3 Å². The lowest BCUT2D eigenvalue weighted by molar-refractivity contribution is 0.0699. The molecule has 0 atom stereocenters. The molecular formula is C14H19F3N2O. The van der Waals surface area contributed by atoms with Crippen molar-refractivity contribution in [2.24, 2.45) is 11.1 Å². The SMILES string of the molecule is CCN(CC(C)(C)CN)C(=O)c1cc(F)c(F)c(F)c1. The predicted octanol–water partition coefficient (Wildman–Crippen LogP) is 2.55. The Labute approximate surface area is 116 Å². The zero-order valence-corrected chi connectivity index (χ0v) is 11.8. The lowest BCUT2D eigenvalue weighted by atomic mass is 9.93. The largest absolute Gasteiger partial charge is 0.338 e. The number of rotatable bonds is 5. The molecule has 20 heavy (non-hydrogen) atoms. The summed E-state index contributed by atoms with van der Waals surface area (Å²) < 4.78 is 39.2. The van der Waals surface area contributed by atoms with E-state index in [1.54, 1.807) is 6.92 Å². The highest BCUT2D eigenvalue weighted by molar-refractivity contribution is 5.94. The molecule has 1 rings (SSSR count). The minimum Gasteiger partial charge on any atom is -0.338 e. The quantitative estimate of drug-likeness (QED) is 0.846. The fourth-order valence-corrected chi connectivity index (χ4v) is 1.77. The number of carbonyl (C=O) groups is 1. The number of halogens is 3. The van der Waals surface area contributed by atoms with E-state index in [4.69, 9.17) is 5.73 Å². The molecule has 0 aliphatic heterocycles. The average Bonchev–Trinajstić information content (AvgIpc) is 2.40. The molecule has 0 fully saturated rings. The minimum atomic E-state index is -1.58. The summed E-state index contributed by atoms with van der Waals surface area (Å²) >= 11 is 0. The molecule has 0 saturated carbocycles. The van der Waals surface area contributed by atoms with Crippen LogP contribution in [0.25, 0.3) is 0 Å².